The van der Waals surface area contributed by atoms with E-state index in [9.17, 15) is 18.8 Å². The third kappa shape index (κ3) is 4.83. The quantitative estimate of drug-likeness (QED) is 0.410. The maximum atomic E-state index is 12.9. The monoisotopic (exact) mass is 414 g/mol. The second-order valence-corrected chi connectivity index (χ2v) is 7.32. The molecule has 0 unspecified atom stereocenters. The molecule has 0 N–H and O–H groups in total. The molecule has 0 aliphatic rings. The lowest BCUT2D eigenvalue weighted by Crippen LogP contribution is -2.15. The molecule has 0 amide bonds. The minimum Gasteiger partial charge on any atom is -0.457 e. The number of esters is 1. The van der Waals surface area contributed by atoms with Gasteiger partial charge in [-0.25, -0.2) is 9.37 Å². The Hall–Kier alpha value is -3.13. The number of benzene rings is 1. The van der Waals surface area contributed by atoms with Crippen LogP contribution in [0.5, 0.6) is 0 Å². The zero-order valence-corrected chi connectivity index (χ0v) is 16.8. The number of hydrogen-bond acceptors (Lipinski definition) is 6. The van der Waals surface area contributed by atoms with Crippen molar-refractivity contribution in [1.82, 2.24) is 9.55 Å². The summed E-state index contributed by atoms with van der Waals surface area (Å²) in [4.78, 5) is 40.7. The number of aryl methyl sites for hydroxylation is 1. The number of rotatable bonds is 8. The molecule has 2 aromatic heterocycles. The summed E-state index contributed by atoms with van der Waals surface area (Å²) in [5.74, 6) is -1.68. The highest BCUT2D eigenvalue weighted by Gasteiger charge is 2.19. The summed E-state index contributed by atoms with van der Waals surface area (Å²) in [5, 5.41) is 2.61. The first kappa shape index (κ1) is 20.6. The van der Waals surface area contributed by atoms with E-state index in [-0.39, 0.29) is 24.4 Å². The van der Waals surface area contributed by atoms with Crippen LogP contribution >= 0.6 is 11.3 Å². The number of ketones is 2. The predicted molar refractivity (Wildman–Crippen MR) is 106 cm³/mol. The highest BCUT2D eigenvalue weighted by Crippen LogP contribution is 2.22. The van der Waals surface area contributed by atoms with Crippen LogP contribution in [0, 0.1) is 19.7 Å². The van der Waals surface area contributed by atoms with E-state index in [0.717, 1.165) is 16.5 Å². The molecule has 3 aromatic rings. The number of aromatic nitrogens is 2. The molecule has 150 valence electrons. The minimum atomic E-state index is -0.637. The molecule has 3 rings (SSSR count). The lowest BCUT2D eigenvalue weighted by atomic mass is 10.1. The summed E-state index contributed by atoms with van der Waals surface area (Å²) in [5.41, 5.74) is 2.37. The Morgan fingerprint density at radius 1 is 1.10 bits per heavy atom. The number of nitrogens with zero attached hydrogens (tertiary/aromatic N) is 2. The van der Waals surface area contributed by atoms with Crippen molar-refractivity contribution in [2.24, 2.45) is 0 Å². The van der Waals surface area contributed by atoms with Gasteiger partial charge in [-0.3, -0.25) is 19.0 Å². The van der Waals surface area contributed by atoms with Gasteiger partial charge in [0.05, 0.1) is 6.42 Å². The molecule has 0 spiro atoms. The molecule has 0 radical (unpaired) electrons. The topological polar surface area (TPSA) is 78.3 Å². The van der Waals surface area contributed by atoms with E-state index in [1.54, 1.807) is 12.3 Å². The Morgan fingerprint density at radius 2 is 1.83 bits per heavy atom. The van der Waals surface area contributed by atoms with Gasteiger partial charge in [-0.05, 0) is 44.2 Å². The Kier molecular flexibility index (Phi) is 6.33. The van der Waals surface area contributed by atoms with Gasteiger partial charge in [0.15, 0.2) is 17.5 Å². The Labute approximate surface area is 171 Å². The Morgan fingerprint density at radius 3 is 2.48 bits per heavy atom. The van der Waals surface area contributed by atoms with Gasteiger partial charge < -0.3 is 4.74 Å². The molecule has 0 atom stereocenters. The molecule has 0 fully saturated rings. The highest BCUT2D eigenvalue weighted by molar-refractivity contribution is 7.12. The fourth-order valence-corrected chi connectivity index (χ4v) is 3.71. The molecule has 6 nitrogen and oxygen atoms in total. The first-order valence-electron chi connectivity index (χ1n) is 8.93. The van der Waals surface area contributed by atoms with Crippen LogP contribution in [0.1, 0.15) is 44.9 Å². The van der Waals surface area contributed by atoms with Gasteiger partial charge in [-0.15, -0.1) is 11.3 Å². The van der Waals surface area contributed by atoms with E-state index in [1.165, 1.54) is 35.6 Å². The van der Waals surface area contributed by atoms with Crippen LogP contribution in [0.15, 0.2) is 41.9 Å². The molecule has 29 heavy (non-hydrogen) atoms. The number of hydrogen-bond donors (Lipinski definition) is 0. The van der Waals surface area contributed by atoms with Gasteiger partial charge in [0.25, 0.3) is 0 Å². The van der Waals surface area contributed by atoms with Gasteiger partial charge >= 0.3 is 5.97 Å². The Balaban J connectivity index is 1.54. The molecule has 0 bridgehead atoms. The first-order chi connectivity index (χ1) is 13.9. The fraction of sp³-hybridized carbons (Fsp3) is 0.238. The fourth-order valence-electron chi connectivity index (χ4n) is 2.96. The van der Waals surface area contributed by atoms with Crippen LogP contribution in [0.2, 0.25) is 0 Å². The summed E-state index contributed by atoms with van der Waals surface area (Å²) in [6, 6.07) is 6.85. The van der Waals surface area contributed by atoms with Crippen molar-refractivity contribution in [1.29, 1.82) is 0 Å². The zero-order chi connectivity index (χ0) is 21.0. The summed E-state index contributed by atoms with van der Waals surface area (Å²) in [6.45, 7) is 3.29. The third-order valence-corrected chi connectivity index (χ3v) is 5.19. The third-order valence-electron chi connectivity index (χ3n) is 4.43. The minimum absolute atomic E-state index is 0.0722. The van der Waals surface area contributed by atoms with E-state index in [4.69, 9.17) is 4.74 Å². The van der Waals surface area contributed by atoms with Gasteiger partial charge in [0.1, 0.15) is 5.82 Å². The van der Waals surface area contributed by atoms with E-state index >= 15 is 0 Å². The van der Waals surface area contributed by atoms with Crippen LogP contribution in [-0.2, 0) is 9.53 Å². The van der Waals surface area contributed by atoms with Crippen molar-refractivity contribution in [3.63, 3.8) is 0 Å². The standard InChI is InChI=1S/C21H19FN2O4S/c1-13-11-17(14(2)24(13)21-23-9-10-29-21)19(26)12-28-20(27)8-7-18(25)15-3-5-16(22)6-4-15/h3-6,9-11H,7-8,12H2,1-2H3. The summed E-state index contributed by atoms with van der Waals surface area (Å²) in [6.07, 6.45) is 1.47. The maximum absolute atomic E-state index is 12.9. The molecule has 0 aliphatic heterocycles. The average molecular weight is 414 g/mol. The zero-order valence-electron chi connectivity index (χ0n) is 16.0. The Bertz CT molecular complexity index is 1040. The lowest BCUT2D eigenvalue weighted by molar-refractivity contribution is -0.142. The van der Waals surface area contributed by atoms with Crippen LogP contribution < -0.4 is 0 Å². The van der Waals surface area contributed by atoms with Gasteiger partial charge in [-0.1, -0.05) is 0 Å². The van der Waals surface area contributed by atoms with Crippen molar-refractivity contribution in [3.8, 4) is 5.13 Å². The van der Waals surface area contributed by atoms with Crippen molar-refractivity contribution < 1.29 is 23.5 Å². The SMILES string of the molecule is Cc1cc(C(=O)COC(=O)CCC(=O)c2ccc(F)cc2)c(C)n1-c1nccs1. The largest absolute Gasteiger partial charge is 0.457 e. The predicted octanol–water partition coefficient (Wildman–Crippen LogP) is 4.08. The molecular formula is C21H19FN2O4S. The molecule has 1 aromatic carbocycles. The second-order valence-electron chi connectivity index (χ2n) is 6.45. The van der Waals surface area contributed by atoms with Gasteiger partial charge in [0.2, 0.25) is 5.78 Å². The number of ether oxygens (including phenoxy) is 1. The van der Waals surface area contributed by atoms with Crippen molar-refractivity contribution in [3.05, 3.63) is 70.2 Å². The first-order valence-corrected chi connectivity index (χ1v) is 9.81. The number of carbonyl (C=O) groups is 3. The van der Waals surface area contributed by atoms with Gasteiger partial charge in [-0.2, -0.15) is 0 Å². The number of carbonyl (C=O) groups excluding carboxylic acids is 3. The molecule has 8 heteroatoms. The maximum Gasteiger partial charge on any atom is 0.306 e. The van der Waals surface area contributed by atoms with Crippen molar-refractivity contribution >= 4 is 28.9 Å². The molecular weight excluding hydrogens is 395 g/mol. The van der Waals surface area contributed by atoms with Crippen LogP contribution in [0.3, 0.4) is 0 Å². The van der Waals surface area contributed by atoms with E-state index in [1.807, 2.05) is 23.8 Å². The summed E-state index contributed by atoms with van der Waals surface area (Å²) in [7, 11) is 0. The molecule has 0 aliphatic carbocycles. The average Bonchev–Trinajstić information content (AvgIpc) is 3.32. The number of halogens is 1. The van der Waals surface area contributed by atoms with Crippen molar-refractivity contribution in [2.75, 3.05) is 6.61 Å². The van der Waals surface area contributed by atoms with Gasteiger partial charge in [0, 0.05) is 40.5 Å². The molecule has 0 saturated heterocycles. The normalized spacial score (nSPS) is 10.7. The van der Waals surface area contributed by atoms with Crippen LogP contribution in [0.25, 0.3) is 5.13 Å². The smallest absolute Gasteiger partial charge is 0.306 e. The van der Waals surface area contributed by atoms with E-state index < -0.39 is 18.4 Å². The summed E-state index contributed by atoms with van der Waals surface area (Å²) < 4.78 is 19.8. The highest BCUT2D eigenvalue weighted by atomic mass is 32.1. The lowest BCUT2D eigenvalue weighted by Gasteiger charge is -2.06. The molecule has 2 heterocycles. The van der Waals surface area contributed by atoms with Crippen LogP contribution in [0.4, 0.5) is 4.39 Å². The molecule has 0 saturated carbocycles. The number of thiazole rings is 1. The number of Topliss-reactive ketones (excluding diaryl/α,β-unsaturated/α-hetero) is 2. The van der Waals surface area contributed by atoms with E-state index in [0.29, 0.717) is 11.1 Å². The summed E-state index contributed by atoms with van der Waals surface area (Å²) >= 11 is 1.46. The van der Waals surface area contributed by atoms with Crippen molar-refractivity contribution in [2.45, 2.75) is 26.7 Å². The second kappa shape index (κ2) is 8.91. The van der Waals surface area contributed by atoms with Crippen LogP contribution in [-0.4, -0.2) is 33.7 Å². The van der Waals surface area contributed by atoms with E-state index in [2.05, 4.69) is 4.98 Å².